The van der Waals surface area contributed by atoms with Gasteiger partial charge in [0, 0.05) is 32.7 Å². The molecule has 141 valence electrons. The van der Waals surface area contributed by atoms with Gasteiger partial charge in [-0.05, 0) is 18.1 Å². The van der Waals surface area contributed by atoms with E-state index in [1.54, 1.807) is 6.07 Å². The van der Waals surface area contributed by atoms with Crippen molar-refractivity contribution in [2.75, 3.05) is 7.11 Å². The summed E-state index contributed by atoms with van der Waals surface area (Å²) >= 11 is 1.18. The Kier molecular flexibility index (Phi) is 10.5. The molecule has 3 rings (SSSR count). The number of benzene rings is 1. The minimum atomic E-state index is -0.366. The van der Waals surface area contributed by atoms with E-state index in [1.807, 2.05) is 39.0 Å². The predicted molar refractivity (Wildman–Crippen MR) is 109 cm³/mol. The third kappa shape index (κ3) is 4.79. The maximum Gasteiger partial charge on any atom is 0.275 e. The zero-order valence-electron chi connectivity index (χ0n) is 16.2. The van der Waals surface area contributed by atoms with Gasteiger partial charge in [0.15, 0.2) is 5.65 Å². The normalized spacial score (nSPS) is 9.30. The average Bonchev–Trinajstić information content (AvgIpc) is 3.07. The first-order valence-electron chi connectivity index (χ1n) is 7.88. The molecule has 0 aliphatic heterocycles. The van der Waals surface area contributed by atoms with Crippen LogP contribution in [-0.2, 0) is 39.3 Å². The molecule has 0 saturated heterocycles. The molecule has 7 heteroatoms. The summed E-state index contributed by atoms with van der Waals surface area (Å²) in [6.07, 6.45) is 5.39. The fraction of sp³-hybridized carbons (Fsp3) is 0.250. The number of aromatic hydroxyl groups is 1. The SMILES string of the molecule is C#CCn1c(=O)c(-c2ccccc2C)c(O)c2sc(OC)nc21.CC.[CH3-].[Y]. The minimum absolute atomic E-state index is 0. The Labute approximate surface area is 189 Å². The van der Waals surface area contributed by atoms with Crippen molar-refractivity contribution < 1.29 is 42.6 Å². The predicted octanol–water partition coefficient (Wildman–Crippen LogP) is 4.25. The maximum atomic E-state index is 12.9. The molecule has 0 bridgehead atoms. The Hall–Kier alpha value is -1.68. The summed E-state index contributed by atoms with van der Waals surface area (Å²) in [6.45, 7) is 5.96. The number of pyridine rings is 1. The zero-order chi connectivity index (χ0) is 18.6. The minimum Gasteiger partial charge on any atom is -0.505 e. The molecule has 1 radical (unpaired) electrons. The molecule has 2 heterocycles. The van der Waals surface area contributed by atoms with Crippen LogP contribution in [0.1, 0.15) is 19.4 Å². The summed E-state index contributed by atoms with van der Waals surface area (Å²) in [5, 5.41) is 11.0. The van der Waals surface area contributed by atoms with Crippen molar-refractivity contribution >= 4 is 21.7 Å². The van der Waals surface area contributed by atoms with Crippen molar-refractivity contribution in [2.24, 2.45) is 0 Å². The van der Waals surface area contributed by atoms with Crippen molar-refractivity contribution in [2.45, 2.75) is 27.3 Å². The van der Waals surface area contributed by atoms with E-state index in [0.29, 0.717) is 21.1 Å². The summed E-state index contributed by atoms with van der Waals surface area (Å²) in [5.41, 5.74) is 1.77. The topological polar surface area (TPSA) is 64.4 Å². The molecule has 0 unspecified atom stereocenters. The van der Waals surface area contributed by atoms with Crippen LogP contribution in [0.5, 0.6) is 10.9 Å². The van der Waals surface area contributed by atoms with E-state index < -0.39 is 0 Å². The number of methoxy groups -OCH3 is 1. The molecule has 5 nitrogen and oxygen atoms in total. The van der Waals surface area contributed by atoms with Crippen LogP contribution in [0.15, 0.2) is 29.1 Å². The number of rotatable bonds is 3. The van der Waals surface area contributed by atoms with Gasteiger partial charge in [-0.15, -0.1) is 6.42 Å². The fourth-order valence-electron chi connectivity index (χ4n) is 2.50. The largest absolute Gasteiger partial charge is 0.505 e. The standard InChI is InChI=1S/C17H14N2O3S.C2H6.CH3.Y/c1-4-9-19-15-14(23-17(18-15)22-3)13(20)12(16(19)21)11-8-6-5-7-10(11)2;1-2;;/h1,5-8,20H,9H2,2-3H3;1-2H3;1H3;/q;;-1;. The van der Waals surface area contributed by atoms with Crippen LogP contribution < -0.4 is 10.3 Å². The third-order valence-corrected chi connectivity index (χ3v) is 4.61. The number of aromatic nitrogens is 2. The Balaban J connectivity index is 0.00000164. The Morgan fingerprint density at radius 1 is 1.33 bits per heavy atom. The van der Waals surface area contributed by atoms with Gasteiger partial charge in [0.1, 0.15) is 10.4 Å². The smallest absolute Gasteiger partial charge is 0.275 e. The number of hydrogen-bond acceptors (Lipinski definition) is 5. The monoisotopic (exact) mass is 460 g/mol. The quantitative estimate of drug-likeness (QED) is 0.469. The molecular weight excluding hydrogens is 437 g/mol. The van der Waals surface area contributed by atoms with Gasteiger partial charge in [0.05, 0.1) is 19.2 Å². The van der Waals surface area contributed by atoms with E-state index in [4.69, 9.17) is 11.2 Å². The van der Waals surface area contributed by atoms with Crippen LogP contribution in [0.4, 0.5) is 0 Å². The molecule has 0 atom stereocenters. The first kappa shape index (κ1) is 25.3. The van der Waals surface area contributed by atoms with Crippen LogP contribution >= 0.6 is 11.3 Å². The Morgan fingerprint density at radius 2 is 1.96 bits per heavy atom. The van der Waals surface area contributed by atoms with Gasteiger partial charge >= 0.3 is 0 Å². The number of fused-ring (bicyclic) bond motifs is 1. The molecule has 27 heavy (non-hydrogen) atoms. The first-order valence-corrected chi connectivity index (χ1v) is 8.70. The number of aryl methyl sites for hydroxylation is 1. The summed E-state index contributed by atoms with van der Waals surface area (Å²) < 4.78 is 6.99. The van der Waals surface area contributed by atoms with E-state index in [2.05, 4.69) is 10.9 Å². The van der Waals surface area contributed by atoms with E-state index in [1.165, 1.54) is 23.0 Å². The number of ether oxygens (including phenoxy) is 1. The fourth-order valence-corrected chi connectivity index (χ4v) is 3.33. The molecule has 0 aliphatic rings. The van der Waals surface area contributed by atoms with Crippen LogP contribution in [0, 0.1) is 26.7 Å². The van der Waals surface area contributed by atoms with Crippen LogP contribution in [0.2, 0.25) is 0 Å². The second-order valence-electron chi connectivity index (χ2n) is 4.97. The average molecular weight is 460 g/mol. The first-order chi connectivity index (χ1) is 12.1. The van der Waals surface area contributed by atoms with E-state index in [-0.39, 0.29) is 63.6 Å². The van der Waals surface area contributed by atoms with Crippen LogP contribution in [0.25, 0.3) is 21.5 Å². The van der Waals surface area contributed by atoms with Gasteiger partial charge in [-0.1, -0.05) is 55.4 Å². The zero-order valence-corrected chi connectivity index (χ0v) is 19.9. The molecule has 3 aromatic rings. The van der Waals surface area contributed by atoms with Gasteiger partial charge in [0.25, 0.3) is 10.8 Å². The summed E-state index contributed by atoms with van der Waals surface area (Å²) in [4.78, 5) is 17.1. The van der Waals surface area contributed by atoms with Gasteiger partial charge in [-0.25, -0.2) is 0 Å². The molecule has 1 aromatic carbocycles. The van der Waals surface area contributed by atoms with Crippen LogP contribution in [0.3, 0.4) is 0 Å². The second-order valence-corrected chi connectivity index (χ2v) is 5.93. The van der Waals surface area contributed by atoms with E-state index in [0.717, 1.165) is 5.56 Å². The van der Waals surface area contributed by atoms with Crippen molar-refractivity contribution in [3.63, 3.8) is 0 Å². The summed E-state index contributed by atoms with van der Waals surface area (Å²) in [6, 6.07) is 7.39. The molecule has 0 saturated carbocycles. The summed E-state index contributed by atoms with van der Waals surface area (Å²) in [7, 11) is 1.49. The van der Waals surface area contributed by atoms with Gasteiger partial charge in [-0.2, -0.15) is 4.98 Å². The summed E-state index contributed by atoms with van der Waals surface area (Å²) in [5.74, 6) is 2.37. The molecule has 0 amide bonds. The van der Waals surface area contributed by atoms with E-state index in [9.17, 15) is 9.90 Å². The Morgan fingerprint density at radius 3 is 2.52 bits per heavy atom. The number of terminal acetylenes is 1. The van der Waals surface area contributed by atoms with Gasteiger partial charge in [-0.3, -0.25) is 9.36 Å². The molecule has 0 fully saturated rings. The van der Waals surface area contributed by atoms with Crippen molar-refractivity contribution in [1.29, 1.82) is 0 Å². The van der Waals surface area contributed by atoms with Gasteiger partial charge < -0.3 is 17.3 Å². The molecule has 0 aliphatic carbocycles. The molecular formula is C20H23N2O3SY-. The van der Waals surface area contributed by atoms with Crippen LogP contribution in [-0.4, -0.2) is 21.8 Å². The third-order valence-electron chi connectivity index (χ3n) is 3.59. The van der Waals surface area contributed by atoms with E-state index >= 15 is 0 Å². The number of nitrogens with zero attached hydrogens (tertiary/aromatic N) is 2. The molecule has 2 aromatic heterocycles. The Bertz CT molecular complexity index is 1000. The molecule has 0 spiro atoms. The van der Waals surface area contributed by atoms with Crippen molar-refractivity contribution in [3.8, 4) is 34.4 Å². The van der Waals surface area contributed by atoms with Crippen molar-refractivity contribution in [1.82, 2.24) is 9.55 Å². The second kappa shape index (κ2) is 11.2. The number of hydrogen-bond donors (Lipinski definition) is 1. The van der Waals surface area contributed by atoms with Gasteiger partial charge in [0.2, 0.25) is 0 Å². The molecule has 1 N–H and O–H groups in total. The number of thiazole rings is 1. The van der Waals surface area contributed by atoms with Crippen molar-refractivity contribution in [3.05, 3.63) is 47.6 Å². The maximum absolute atomic E-state index is 12.9.